The molecule has 27 heavy (non-hydrogen) atoms. The van der Waals surface area contributed by atoms with Crippen LogP contribution in [-0.4, -0.2) is 37.6 Å². The molecule has 0 saturated heterocycles. The minimum atomic E-state index is -0.331. The van der Waals surface area contributed by atoms with Crippen LogP contribution in [0.3, 0.4) is 0 Å². The number of nitrogens with one attached hydrogen (secondary N) is 1. The van der Waals surface area contributed by atoms with Gasteiger partial charge in [0.15, 0.2) is 5.58 Å². The highest BCUT2D eigenvalue weighted by atomic mass is 16.5. The standard InChI is InChI=1S/C18H18N6O3/c1-10(2)14-7-13(23-18-20-9-21-24(14)18)17(25)19-8-16-22-12-6-11(26-3)4-5-15(12)27-16/h4-7,9-10H,8H2,1-3H3,(H,19,25). The predicted molar refractivity (Wildman–Crippen MR) is 96.6 cm³/mol. The third kappa shape index (κ3) is 3.19. The minimum absolute atomic E-state index is 0.145. The van der Waals surface area contributed by atoms with Crippen LogP contribution in [0.5, 0.6) is 5.75 Å². The zero-order chi connectivity index (χ0) is 19.0. The van der Waals surface area contributed by atoms with E-state index in [2.05, 4.69) is 25.4 Å². The monoisotopic (exact) mass is 366 g/mol. The highest BCUT2D eigenvalue weighted by Gasteiger charge is 2.16. The van der Waals surface area contributed by atoms with Crippen molar-refractivity contribution in [3.63, 3.8) is 0 Å². The Morgan fingerprint density at radius 1 is 1.30 bits per heavy atom. The second kappa shape index (κ2) is 6.67. The number of carbonyl (C=O) groups excluding carboxylic acids is 1. The van der Waals surface area contributed by atoms with Gasteiger partial charge in [0.1, 0.15) is 23.3 Å². The second-order valence-electron chi connectivity index (χ2n) is 6.32. The van der Waals surface area contributed by atoms with Gasteiger partial charge in [0.2, 0.25) is 5.89 Å². The molecule has 0 spiro atoms. The summed E-state index contributed by atoms with van der Waals surface area (Å²) in [7, 11) is 1.59. The van der Waals surface area contributed by atoms with Crippen LogP contribution in [0.2, 0.25) is 0 Å². The van der Waals surface area contributed by atoms with Crippen molar-refractivity contribution in [2.75, 3.05) is 7.11 Å². The number of methoxy groups -OCH3 is 1. The lowest BCUT2D eigenvalue weighted by atomic mass is 10.1. The zero-order valence-corrected chi connectivity index (χ0v) is 15.1. The summed E-state index contributed by atoms with van der Waals surface area (Å²) in [5, 5.41) is 6.93. The summed E-state index contributed by atoms with van der Waals surface area (Å²) in [5.74, 6) is 1.32. The van der Waals surface area contributed by atoms with Crippen LogP contribution >= 0.6 is 0 Å². The molecule has 0 aliphatic rings. The molecule has 1 aromatic carbocycles. The fourth-order valence-corrected chi connectivity index (χ4v) is 2.77. The molecular weight excluding hydrogens is 348 g/mol. The Bertz CT molecular complexity index is 1130. The van der Waals surface area contributed by atoms with Crippen molar-refractivity contribution >= 4 is 22.8 Å². The number of fused-ring (bicyclic) bond motifs is 2. The summed E-state index contributed by atoms with van der Waals surface area (Å²) in [6.45, 7) is 4.18. The van der Waals surface area contributed by atoms with Crippen molar-refractivity contribution < 1.29 is 13.9 Å². The third-order valence-corrected chi connectivity index (χ3v) is 4.14. The quantitative estimate of drug-likeness (QED) is 0.577. The van der Waals surface area contributed by atoms with Crippen LogP contribution < -0.4 is 10.1 Å². The molecule has 0 unspecified atom stereocenters. The molecule has 0 radical (unpaired) electrons. The molecule has 0 saturated carbocycles. The van der Waals surface area contributed by atoms with Gasteiger partial charge in [-0.2, -0.15) is 10.1 Å². The lowest BCUT2D eigenvalue weighted by molar-refractivity contribution is 0.0942. The van der Waals surface area contributed by atoms with E-state index in [0.717, 1.165) is 5.69 Å². The average Bonchev–Trinajstić information content (AvgIpc) is 3.30. The van der Waals surface area contributed by atoms with E-state index in [-0.39, 0.29) is 24.1 Å². The second-order valence-corrected chi connectivity index (χ2v) is 6.32. The summed E-state index contributed by atoms with van der Waals surface area (Å²) in [5.41, 5.74) is 2.43. The van der Waals surface area contributed by atoms with E-state index in [1.54, 1.807) is 35.9 Å². The number of carbonyl (C=O) groups is 1. The predicted octanol–water partition coefficient (Wildman–Crippen LogP) is 2.33. The van der Waals surface area contributed by atoms with Crippen molar-refractivity contribution in [1.29, 1.82) is 0 Å². The average molecular weight is 366 g/mol. The summed E-state index contributed by atoms with van der Waals surface area (Å²) in [6, 6.07) is 7.07. The molecule has 1 amide bonds. The van der Waals surface area contributed by atoms with Crippen LogP contribution in [0.4, 0.5) is 0 Å². The molecule has 4 rings (SSSR count). The number of oxazole rings is 1. The van der Waals surface area contributed by atoms with Crippen LogP contribution in [0.15, 0.2) is 35.0 Å². The highest BCUT2D eigenvalue weighted by Crippen LogP contribution is 2.21. The van der Waals surface area contributed by atoms with Gasteiger partial charge in [-0.05, 0) is 24.1 Å². The van der Waals surface area contributed by atoms with Gasteiger partial charge in [-0.15, -0.1) is 0 Å². The SMILES string of the molecule is COc1ccc2oc(CNC(=O)c3cc(C(C)C)n4ncnc4n3)nc2c1. The number of aromatic nitrogens is 5. The maximum absolute atomic E-state index is 12.6. The van der Waals surface area contributed by atoms with Gasteiger partial charge in [-0.25, -0.2) is 14.5 Å². The van der Waals surface area contributed by atoms with Crippen molar-refractivity contribution in [3.05, 3.63) is 47.9 Å². The Hall–Kier alpha value is -3.49. The third-order valence-electron chi connectivity index (χ3n) is 4.14. The first kappa shape index (κ1) is 17.0. The van der Waals surface area contributed by atoms with Crippen LogP contribution in [0.25, 0.3) is 16.9 Å². The topological polar surface area (TPSA) is 107 Å². The van der Waals surface area contributed by atoms with E-state index >= 15 is 0 Å². The Kier molecular flexibility index (Phi) is 4.19. The van der Waals surface area contributed by atoms with Crippen molar-refractivity contribution in [2.45, 2.75) is 26.3 Å². The molecule has 0 aliphatic heterocycles. The molecule has 0 fully saturated rings. The van der Waals surface area contributed by atoms with E-state index in [9.17, 15) is 4.79 Å². The van der Waals surface area contributed by atoms with Gasteiger partial charge in [0.25, 0.3) is 11.7 Å². The molecule has 138 valence electrons. The molecule has 3 heterocycles. The van der Waals surface area contributed by atoms with Gasteiger partial charge in [0, 0.05) is 6.07 Å². The van der Waals surface area contributed by atoms with E-state index in [1.165, 1.54) is 6.33 Å². The summed E-state index contributed by atoms with van der Waals surface area (Å²) >= 11 is 0. The number of rotatable bonds is 5. The lowest BCUT2D eigenvalue weighted by Gasteiger charge is -2.09. The molecule has 9 heteroatoms. The first-order chi connectivity index (χ1) is 13.0. The number of ether oxygens (including phenoxy) is 1. The summed E-state index contributed by atoms with van der Waals surface area (Å²) in [6.07, 6.45) is 1.42. The first-order valence-electron chi connectivity index (χ1n) is 8.47. The molecule has 1 N–H and O–H groups in total. The number of benzene rings is 1. The van der Waals surface area contributed by atoms with Gasteiger partial charge in [0.05, 0.1) is 19.3 Å². The number of nitrogens with zero attached hydrogens (tertiary/aromatic N) is 5. The van der Waals surface area contributed by atoms with Gasteiger partial charge < -0.3 is 14.5 Å². The highest BCUT2D eigenvalue weighted by molar-refractivity contribution is 5.92. The van der Waals surface area contributed by atoms with Crippen LogP contribution in [-0.2, 0) is 6.54 Å². The molecule has 0 atom stereocenters. The Morgan fingerprint density at radius 2 is 2.15 bits per heavy atom. The molecule has 0 aliphatic carbocycles. The fraction of sp³-hybridized carbons (Fsp3) is 0.278. The van der Waals surface area contributed by atoms with Crippen LogP contribution in [0.1, 0.15) is 41.8 Å². The van der Waals surface area contributed by atoms with Crippen molar-refractivity contribution in [1.82, 2.24) is 29.9 Å². The maximum atomic E-state index is 12.6. The zero-order valence-electron chi connectivity index (χ0n) is 15.1. The molecule has 4 aromatic rings. The molecular formula is C18H18N6O3. The van der Waals surface area contributed by atoms with Crippen molar-refractivity contribution in [3.8, 4) is 5.75 Å². The molecule has 9 nitrogen and oxygen atoms in total. The number of amides is 1. The van der Waals surface area contributed by atoms with Gasteiger partial charge in [-0.3, -0.25) is 4.79 Å². The number of hydrogen-bond donors (Lipinski definition) is 1. The first-order valence-corrected chi connectivity index (χ1v) is 8.47. The lowest BCUT2D eigenvalue weighted by Crippen LogP contribution is -2.25. The Morgan fingerprint density at radius 3 is 2.93 bits per heavy atom. The van der Waals surface area contributed by atoms with E-state index in [0.29, 0.717) is 28.5 Å². The Labute approximate surface area is 154 Å². The van der Waals surface area contributed by atoms with Gasteiger partial charge >= 0.3 is 0 Å². The fourth-order valence-electron chi connectivity index (χ4n) is 2.77. The summed E-state index contributed by atoms with van der Waals surface area (Å²) < 4.78 is 12.5. The van der Waals surface area contributed by atoms with Gasteiger partial charge in [-0.1, -0.05) is 13.8 Å². The van der Waals surface area contributed by atoms with E-state index in [1.807, 2.05) is 13.8 Å². The smallest absolute Gasteiger partial charge is 0.270 e. The normalized spacial score (nSPS) is 11.4. The maximum Gasteiger partial charge on any atom is 0.270 e. The van der Waals surface area contributed by atoms with E-state index in [4.69, 9.17) is 9.15 Å². The summed E-state index contributed by atoms with van der Waals surface area (Å²) in [4.78, 5) is 25.3. The van der Waals surface area contributed by atoms with E-state index < -0.39 is 0 Å². The molecule has 3 aromatic heterocycles. The minimum Gasteiger partial charge on any atom is -0.497 e. The Balaban J connectivity index is 1.55. The van der Waals surface area contributed by atoms with Crippen molar-refractivity contribution in [2.24, 2.45) is 0 Å². The van der Waals surface area contributed by atoms with Crippen LogP contribution in [0, 0.1) is 0 Å². The molecule has 0 bridgehead atoms. The largest absolute Gasteiger partial charge is 0.497 e. The number of hydrogen-bond acceptors (Lipinski definition) is 7.